The fraction of sp³-hybridized carbons (Fsp3) is 0.167. The molecule has 0 aliphatic heterocycles. The third-order valence-corrected chi connectivity index (χ3v) is 2.49. The van der Waals surface area contributed by atoms with Crippen LogP contribution >= 0.6 is 0 Å². The van der Waals surface area contributed by atoms with Gasteiger partial charge < -0.3 is 5.73 Å². The van der Waals surface area contributed by atoms with Gasteiger partial charge in [0.05, 0.1) is 5.69 Å². The van der Waals surface area contributed by atoms with Crippen LogP contribution in [0.4, 0.5) is 5.82 Å². The minimum atomic E-state index is -0.281. The maximum Gasteiger partial charge on any atom is 0.297 e. The van der Waals surface area contributed by atoms with Gasteiger partial charge in [0, 0.05) is 12.4 Å². The Kier molecular flexibility index (Phi) is 2.48. The second-order valence-corrected chi connectivity index (χ2v) is 3.78. The normalized spacial score (nSPS) is 10.4. The number of aryl methyl sites for hydroxylation is 2. The van der Waals surface area contributed by atoms with Crippen molar-refractivity contribution in [1.82, 2.24) is 9.55 Å². The first-order valence-corrected chi connectivity index (χ1v) is 5.00. The van der Waals surface area contributed by atoms with Gasteiger partial charge in [0.2, 0.25) is 0 Å². The zero-order valence-electron chi connectivity index (χ0n) is 9.27. The molecular weight excluding hydrogens is 202 g/mol. The molecule has 0 radical (unpaired) electrons. The van der Waals surface area contributed by atoms with Gasteiger partial charge in [-0.2, -0.15) is 0 Å². The molecule has 2 N–H and O–H groups in total. The van der Waals surface area contributed by atoms with Crippen molar-refractivity contribution in [2.24, 2.45) is 0 Å². The molecule has 1 aromatic heterocycles. The highest BCUT2D eigenvalue weighted by Gasteiger charge is 2.05. The highest BCUT2D eigenvalue weighted by Crippen LogP contribution is 2.13. The molecule has 4 nitrogen and oxygen atoms in total. The molecule has 0 atom stereocenters. The van der Waals surface area contributed by atoms with E-state index in [0.717, 1.165) is 16.8 Å². The fourth-order valence-electron chi connectivity index (χ4n) is 1.60. The monoisotopic (exact) mass is 215 g/mol. The molecule has 1 aromatic carbocycles. The van der Waals surface area contributed by atoms with E-state index in [2.05, 4.69) is 4.98 Å². The van der Waals surface area contributed by atoms with Gasteiger partial charge in [-0.1, -0.05) is 12.1 Å². The van der Waals surface area contributed by atoms with E-state index in [0.29, 0.717) is 0 Å². The predicted octanol–water partition coefficient (Wildman–Crippen LogP) is 1.43. The van der Waals surface area contributed by atoms with Crippen molar-refractivity contribution in [3.05, 3.63) is 52.1 Å². The number of aromatic nitrogens is 2. The van der Waals surface area contributed by atoms with Gasteiger partial charge in [0.15, 0.2) is 5.82 Å². The van der Waals surface area contributed by atoms with E-state index in [1.807, 2.05) is 32.0 Å². The minimum Gasteiger partial charge on any atom is -0.379 e. The maximum absolute atomic E-state index is 11.8. The first-order valence-electron chi connectivity index (χ1n) is 5.00. The number of nitrogen functional groups attached to an aromatic ring is 1. The van der Waals surface area contributed by atoms with Crippen molar-refractivity contribution in [3.63, 3.8) is 0 Å². The molecule has 0 aliphatic rings. The van der Waals surface area contributed by atoms with Gasteiger partial charge in [-0.25, -0.2) is 4.98 Å². The zero-order valence-corrected chi connectivity index (χ0v) is 9.27. The predicted molar refractivity (Wildman–Crippen MR) is 63.7 cm³/mol. The molecule has 82 valence electrons. The van der Waals surface area contributed by atoms with Crippen LogP contribution in [0, 0.1) is 13.8 Å². The average Bonchev–Trinajstić information content (AvgIpc) is 2.26. The van der Waals surface area contributed by atoms with Gasteiger partial charge in [-0.15, -0.1) is 0 Å². The summed E-state index contributed by atoms with van der Waals surface area (Å²) in [5, 5.41) is 0. The molecule has 1 heterocycles. The largest absolute Gasteiger partial charge is 0.379 e. The van der Waals surface area contributed by atoms with Crippen LogP contribution in [0.3, 0.4) is 0 Å². The summed E-state index contributed by atoms with van der Waals surface area (Å²) in [6, 6.07) is 5.94. The molecule has 0 bridgehead atoms. The van der Waals surface area contributed by atoms with Crippen LogP contribution in [0.1, 0.15) is 11.1 Å². The summed E-state index contributed by atoms with van der Waals surface area (Å²) in [7, 11) is 0. The summed E-state index contributed by atoms with van der Waals surface area (Å²) in [6.07, 6.45) is 3.15. The first kappa shape index (κ1) is 10.4. The molecule has 0 saturated carbocycles. The molecule has 0 amide bonds. The summed E-state index contributed by atoms with van der Waals surface area (Å²) >= 11 is 0. The molecule has 0 unspecified atom stereocenters. The van der Waals surface area contributed by atoms with E-state index in [1.165, 1.54) is 10.8 Å². The number of hydrogen-bond donors (Lipinski definition) is 1. The van der Waals surface area contributed by atoms with Gasteiger partial charge in [-0.3, -0.25) is 9.36 Å². The van der Waals surface area contributed by atoms with E-state index in [4.69, 9.17) is 5.73 Å². The Bertz CT molecular complexity index is 587. The highest BCUT2D eigenvalue weighted by atomic mass is 16.1. The lowest BCUT2D eigenvalue weighted by atomic mass is 10.1. The topological polar surface area (TPSA) is 60.9 Å². The Morgan fingerprint density at radius 3 is 2.81 bits per heavy atom. The molecule has 0 saturated heterocycles. The number of nitrogens with zero attached hydrogens (tertiary/aromatic N) is 2. The molecule has 16 heavy (non-hydrogen) atoms. The third kappa shape index (κ3) is 1.69. The molecular formula is C12H13N3O. The van der Waals surface area contributed by atoms with E-state index in [-0.39, 0.29) is 11.4 Å². The van der Waals surface area contributed by atoms with Gasteiger partial charge in [0.25, 0.3) is 5.56 Å². The van der Waals surface area contributed by atoms with Crippen LogP contribution in [0.2, 0.25) is 0 Å². The molecule has 4 heteroatoms. The summed E-state index contributed by atoms with van der Waals surface area (Å²) in [5.41, 5.74) is 8.19. The second kappa shape index (κ2) is 3.81. The average molecular weight is 215 g/mol. The number of nitrogens with two attached hydrogens (primary N) is 1. The lowest BCUT2D eigenvalue weighted by Crippen LogP contribution is -2.22. The lowest BCUT2D eigenvalue weighted by molar-refractivity contribution is 0.952. The molecule has 0 spiro atoms. The molecule has 2 aromatic rings. The number of hydrogen-bond acceptors (Lipinski definition) is 3. The minimum absolute atomic E-state index is 0.0170. The SMILES string of the molecule is Cc1ccc(C)c(-n2ccnc(N)c2=O)c1. The van der Waals surface area contributed by atoms with Crippen molar-refractivity contribution in [2.75, 3.05) is 5.73 Å². The fourth-order valence-corrected chi connectivity index (χ4v) is 1.60. The van der Waals surface area contributed by atoms with Crippen LogP contribution in [0.5, 0.6) is 0 Å². The molecule has 0 aliphatic carbocycles. The molecule has 0 fully saturated rings. The Labute approximate surface area is 93.4 Å². The quantitative estimate of drug-likeness (QED) is 0.782. The summed E-state index contributed by atoms with van der Waals surface area (Å²) in [6.45, 7) is 3.94. The lowest BCUT2D eigenvalue weighted by Gasteiger charge is -2.09. The summed E-state index contributed by atoms with van der Waals surface area (Å²) < 4.78 is 1.52. The van der Waals surface area contributed by atoms with Crippen LogP contribution in [-0.4, -0.2) is 9.55 Å². The smallest absolute Gasteiger partial charge is 0.297 e. The number of rotatable bonds is 1. The Balaban J connectivity index is 2.72. The molecule has 2 rings (SSSR count). The number of benzene rings is 1. The van der Waals surface area contributed by atoms with Crippen molar-refractivity contribution in [2.45, 2.75) is 13.8 Å². The Morgan fingerprint density at radius 2 is 2.06 bits per heavy atom. The standard InChI is InChI=1S/C12H13N3O/c1-8-3-4-9(2)10(7-8)15-6-5-14-11(13)12(15)16/h3-7H,1-2H3,(H2,13,14). The zero-order chi connectivity index (χ0) is 11.7. The van der Waals surface area contributed by atoms with Gasteiger partial charge >= 0.3 is 0 Å². The van der Waals surface area contributed by atoms with Crippen LogP contribution < -0.4 is 11.3 Å². The van der Waals surface area contributed by atoms with Crippen molar-refractivity contribution >= 4 is 5.82 Å². The highest BCUT2D eigenvalue weighted by molar-refractivity contribution is 5.44. The number of anilines is 1. The van der Waals surface area contributed by atoms with E-state index in [9.17, 15) is 4.79 Å². The second-order valence-electron chi connectivity index (χ2n) is 3.78. The van der Waals surface area contributed by atoms with Crippen LogP contribution in [0.15, 0.2) is 35.4 Å². The Hall–Kier alpha value is -2.10. The first-order chi connectivity index (χ1) is 7.59. The Morgan fingerprint density at radius 1 is 1.31 bits per heavy atom. The van der Waals surface area contributed by atoms with Crippen LogP contribution in [-0.2, 0) is 0 Å². The van der Waals surface area contributed by atoms with E-state index in [1.54, 1.807) is 6.20 Å². The summed E-state index contributed by atoms with van der Waals surface area (Å²) in [5.74, 6) is 0.0170. The van der Waals surface area contributed by atoms with Crippen molar-refractivity contribution in [3.8, 4) is 5.69 Å². The van der Waals surface area contributed by atoms with Gasteiger partial charge in [-0.05, 0) is 31.0 Å². The van der Waals surface area contributed by atoms with Crippen molar-refractivity contribution < 1.29 is 0 Å². The van der Waals surface area contributed by atoms with Gasteiger partial charge in [0.1, 0.15) is 0 Å². The summed E-state index contributed by atoms with van der Waals surface area (Å²) in [4.78, 5) is 15.6. The third-order valence-electron chi connectivity index (χ3n) is 2.49. The van der Waals surface area contributed by atoms with E-state index < -0.39 is 0 Å². The van der Waals surface area contributed by atoms with E-state index >= 15 is 0 Å². The van der Waals surface area contributed by atoms with Crippen molar-refractivity contribution in [1.29, 1.82) is 0 Å². The maximum atomic E-state index is 11.8. The van der Waals surface area contributed by atoms with Crippen LogP contribution in [0.25, 0.3) is 5.69 Å².